The molecule has 0 atom stereocenters. The predicted molar refractivity (Wildman–Crippen MR) is 76.7 cm³/mol. The van der Waals surface area contributed by atoms with Crippen LogP contribution >= 0.6 is 23.2 Å². The number of carbonyl (C=O) groups is 1. The topological polar surface area (TPSA) is 50.1 Å². The molecule has 0 spiro atoms. The molecule has 2 aromatic rings. The van der Waals surface area contributed by atoms with Gasteiger partial charge in [0.25, 0.3) is 0 Å². The molecule has 5 heteroatoms. The van der Waals surface area contributed by atoms with Crippen molar-refractivity contribution in [2.45, 2.75) is 6.61 Å². The zero-order valence-electron chi connectivity index (χ0n) is 10.3. The van der Waals surface area contributed by atoms with Crippen LogP contribution in [0.15, 0.2) is 42.5 Å². The summed E-state index contributed by atoms with van der Waals surface area (Å²) in [6.45, 7) is 0.0898. The number of carbonyl (C=O) groups excluding carboxylic acids is 1. The first kappa shape index (κ1) is 14.4. The molecule has 0 unspecified atom stereocenters. The first-order valence-corrected chi connectivity index (χ1v) is 6.47. The largest absolute Gasteiger partial charge is 0.457 e. The quantitative estimate of drug-likeness (QED) is 0.798. The van der Waals surface area contributed by atoms with Crippen LogP contribution in [0.4, 0.5) is 0 Å². The van der Waals surface area contributed by atoms with Crippen molar-refractivity contribution in [1.29, 1.82) is 5.26 Å². The van der Waals surface area contributed by atoms with Gasteiger partial charge >= 0.3 is 5.97 Å². The molecule has 100 valence electrons. The molecule has 0 radical (unpaired) electrons. The molecule has 0 aliphatic heterocycles. The van der Waals surface area contributed by atoms with Crippen molar-refractivity contribution in [2.24, 2.45) is 0 Å². The van der Waals surface area contributed by atoms with Crippen LogP contribution in [0.1, 0.15) is 21.5 Å². The molecule has 0 saturated carbocycles. The smallest absolute Gasteiger partial charge is 0.338 e. The molecule has 0 saturated heterocycles. The Hall–Kier alpha value is -2.02. The Labute approximate surface area is 126 Å². The number of hydrogen-bond donors (Lipinski definition) is 0. The SMILES string of the molecule is N#Cc1cccc(C(=O)OCc2ccc(Cl)c(Cl)c2)c1. The lowest BCUT2D eigenvalue weighted by Crippen LogP contribution is -2.05. The normalized spacial score (nSPS) is 9.85. The highest BCUT2D eigenvalue weighted by Crippen LogP contribution is 2.23. The minimum atomic E-state index is -0.492. The van der Waals surface area contributed by atoms with E-state index in [0.717, 1.165) is 5.56 Å². The molecule has 0 amide bonds. The maximum absolute atomic E-state index is 11.8. The van der Waals surface area contributed by atoms with E-state index in [1.165, 1.54) is 6.07 Å². The van der Waals surface area contributed by atoms with E-state index in [2.05, 4.69) is 0 Å². The maximum atomic E-state index is 11.8. The summed E-state index contributed by atoms with van der Waals surface area (Å²) in [4.78, 5) is 11.8. The Morgan fingerprint density at radius 1 is 1.15 bits per heavy atom. The summed E-state index contributed by atoms with van der Waals surface area (Å²) in [5.74, 6) is -0.492. The van der Waals surface area contributed by atoms with Gasteiger partial charge in [-0.15, -0.1) is 0 Å². The Kier molecular flexibility index (Phi) is 4.62. The van der Waals surface area contributed by atoms with Crippen molar-refractivity contribution in [2.75, 3.05) is 0 Å². The van der Waals surface area contributed by atoms with Crippen molar-refractivity contribution in [1.82, 2.24) is 0 Å². The van der Waals surface area contributed by atoms with Crippen LogP contribution in [-0.2, 0) is 11.3 Å². The fourth-order valence-corrected chi connectivity index (χ4v) is 1.90. The maximum Gasteiger partial charge on any atom is 0.338 e. The van der Waals surface area contributed by atoms with E-state index in [0.29, 0.717) is 21.2 Å². The first-order chi connectivity index (χ1) is 9.60. The Balaban J connectivity index is 2.04. The molecule has 20 heavy (non-hydrogen) atoms. The molecule has 0 bridgehead atoms. The van der Waals surface area contributed by atoms with E-state index in [4.69, 9.17) is 33.2 Å². The molecule has 0 fully saturated rings. The minimum absolute atomic E-state index is 0.0898. The van der Waals surface area contributed by atoms with E-state index in [1.807, 2.05) is 6.07 Å². The lowest BCUT2D eigenvalue weighted by atomic mass is 10.1. The number of rotatable bonds is 3. The van der Waals surface area contributed by atoms with Gasteiger partial charge in [-0.2, -0.15) is 5.26 Å². The second-order valence-electron chi connectivity index (χ2n) is 4.02. The van der Waals surface area contributed by atoms with Crippen LogP contribution in [0.25, 0.3) is 0 Å². The number of esters is 1. The lowest BCUT2D eigenvalue weighted by Gasteiger charge is -2.06. The van der Waals surface area contributed by atoms with Crippen LogP contribution in [-0.4, -0.2) is 5.97 Å². The second-order valence-corrected chi connectivity index (χ2v) is 4.83. The van der Waals surface area contributed by atoms with Crippen molar-refractivity contribution < 1.29 is 9.53 Å². The zero-order valence-corrected chi connectivity index (χ0v) is 11.8. The number of benzene rings is 2. The molecule has 3 nitrogen and oxygen atoms in total. The van der Waals surface area contributed by atoms with Crippen molar-refractivity contribution in [3.05, 3.63) is 69.2 Å². The van der Waals surface area contributed by atoms with Crippen LogP contribution in [0.2, 0.25) is 10.0 Å². The molecule has 0 heterocycles. The summed E-state index contributed by atoms with van der Waals surface area (Å²) in [5, 5.41) is 9.64. The first-order valence-electron chi connectivity index (χ1n) is 5.71. The van der Waals surface area contributed by atoms with Crippen molar-refractivity contribution >= 4 is 29.2 Å². The highest BCUT2D eigenvalue weighted by atomic mass is 35.5. The highest BCUT2D eigenvalue weighted by Gasteiger charge is 2.08. The van der Waals surface area contributed by atoms with E-state index >= 15 is 0 Å². The van der Waals surface area contributed by atoms with Crippen LogP contribution in [0, 0.1) is 11.3 Å². The highest BCUT2D eigenvalue weighted by molar-refractivity contribution is 6.42. The van der Waals surface area contributed by atoms with E-state index in [-0.39, 0.29) is 6.61 Å². The molecule has 0 N–H and O–H groups in total. The van der Waals surface area contributed by atoms with Gasteiger partial charge in [0.1, 0.15) is 6.61 Å². The summed E-state index contributed by atoms with van der Waals surface area (Å²) in [6.07, 6.45) is 0. The number of nitriles is 1. The molecule has 0 aromatic heterocycles. The van der Waals surface area contributed by atoms with Gasteiger partial charge in [0.05, 0.1) is 27.2 Å². The number of halogens is 2. The van der Waals surface area contributed by atoms with Crippen LogP contribution < -0.4 is 0 Å². The summed E-state index contributed by atoms with van der Waals surface area (Å²) < 4.78 is 5.16. The summed E-state index contributed by atoms with van der Waals surface area (Å²) in [7, 11) is 0. The minimum Gasteiger partial charge on any atom is -0.457 e. The van der Waals surface area contributed by atoms with Gasteiger partial charge in [0.2, 0.25) is 0 Å². The van der Waals surface area contributed by atoms with Gasteiger partial charge in [-0.1, -0.05) is 35.3 Å². The third kappa shape index (κ3) is 3.51. The van der Waals surface area contributed by atoms with Crippen molar-refractivity contribution in [3.63, 3.8) is 0 Å². The number of nitrogens with zero attached hydrogens (tertiary/aromatic N) is 1. The fourth-order valence-electron chi connectivity index (χ4n) is 1.58. The molecule has 0 aliphatic rings. The predicted octanol–water partition coefficient (Wildman–Crippen LogP) is 4.22. The van der Waals surface area contributed by atoms with Crippen molar-refractivity contribution in [3.8, 4) is 6.07 Å². The second kappa shape index (κ2) is 6.42. The molecule has 2 rings (SSSR count). The van der Waals surface area contributed by atoms with Gasteiger partial charge in [-0.05, 0) is 35.9 Å². The van der Waals surface area contributed by atoms with E-state index in [1.54, 1.807) is 36.4 Å². The Morgan fingerprint density at radius 3 is 2.65 bits per heavy atom. The van der Waals surface area contributed by atoms with Gasteiger partial charge < -0.3 is 4.74 Å². The molecule has 2 aromatic carbocycles. The summed E-state index contributed by atoms with van der Waals surface area (Å²) >= 11 is 11.7. The van der Waals surface area contributed by atoms with Gasteiger partial charge in [0, 0.05) is 0 Å². The van der Waals surface area contributed by atoms with E-state index in [9.17, 15) is 4.79 Å². The van der Waals surface area contributed by atoms with Gasteiger partial charge in [-0.3, -0.25) is 0 Å². The third-order valence-corrected chi connectivity index (χ3v) is 3.32. The van der Waals surface area contributed by atoms with Gasteiger partial charge in [0.15, 0.2) is 0 Å². The van der Waals surface area contributed by atoms with Crippen LogP contribution in [0.5, 0.6) is 0 Å². The molecular weight excluding hydrogens is 297 g/mol. The summed E-state index contributed by atoms with van der Waals surface area (Å²) in [5.41, 5.74) is 1.49. The zero-order chi connectivity index (χ0) is 14.5. The fraction of sp³-hybridized carbons (Fsp3) is 0.0667. The average molecular weight is 306 g/mol. The standard InChI is InChI=1S/C15H9Cl2NO2/c16-13-5-4-11(7-14(13)17)9-20-15(19)12-3-1-2-10(6-12)8-18/h1-7H,9H2. The monoisotopic (exact) mass is 305 g/mol. The molecular formula is C15H9Cl2NO2. The van der Waals surface area contributed by atoms with Gasteiger partial charge in [-0.25, -0.2) is 4.79 Å². The third-order valence-electron chi connectivity index (χ3n) is 2.58. The number of hydrogen-bond acceptors (Lipinski definition) is 3. The summed E-state index contributed by atoms with van der Waals surface area (Å²) in [6, 6.07) is 13.3. The Bertz CT molecular complexity index is 693. The van der Waals surface area contributed by atoms with Crippen LogP contribution in [0.3, 0.4) is 0 Å². The van der Waals surface area contributed by atoms with E-state index < -0.39 is 5.97 Å². The average Bonchev–Trinajstić information content (AvgIpc) is 2.48. The lowest BCUT2D eigenvalue weighted by molar-refractivity contribution is 0.0472. The molecule has 0 aliphatic carbocycles. The number of ether oxygens (including phenoxy) is 1. The Morgan fingerprint density at radius 2 is 1.95 bits per heavy atom.